The number of hydrogen-bond donors (Lipinski definition) is 1. The fraction of sp³-hybridized carbons (Fsp3) is 0.750. The van der Waals surface area contributed by atoms with Crippen molar-refractivity contribution < 1.29 is 19.4 Å². The molecule has 0 spiro atoms. The van der Waals surface area contributed by atoms with E-state index in [9.17, 15) is 14.7 Å². The normalized spacial score (nSPS) is 21.3. The summed E-state index contributed by atoms with van der Waals surface area (Å²) in [6.45, 7) is 11.6. The number of carbonyl (C=O) groups is 2. The average molecular weight is 297 g/mol. The van der Waals surface area contributed by atoms with E-state index in [4.69, 9.17) is 4.74 Å². The van der Waals surface area contributed by atoms with E-state index in [1.165, 1.54) is 0 Å². The van der Waals surface area contributed by atoms with Gasteiger partial charge in [0.25, 0.3) is 0 Å². The van der Waals surface area contributed by atoms with Crippen molar-refractivity contribution in [3.8, 4) is 0 Å². The van der Waals surface area contributed by atoms with E-state index in [0.717, 1.165) is 17.7 Å². The first-order chi connectivity index (χ1) is 9.81. The van der Waals surface area contributed by atoms with Gasteiger partial charge in [-0.25, -0.2) is 9.69 Å². The van der Waals surface area contributed by atoms with Crippen LogP contribution in [0.1, 0.15) is 47.0 Å². The zero-order valence-corrected chi connectivity index (χ0v) is 13.5. The third-order valence-electron chi connectivity index (χ3n) is 4.05. The van der Waals surface area contributed by atoms with Crippen LogP contribution in [0.4, 0.5) is 4.79 Å². The molecule has 0 aliphatic carbocycles. The van der Waals surface area contributed by atoms with Crippen LogP contribution in [-0.4, -0.2) is 40.8 Å². The van der Waals surface area contributed by atoms with Gasteiger partial charge >= 0.3 is 6.09 Å². The van der Waals surface area contributed by atoms with Crippen molar-refractivity contribution in [2.45, 2.75) is 59.1 Å². The molecule has 1 fully saturated rings. The Morgan fingerprint density at radius 3 is 2.62 bits per heavy atom. The van der Waals surface area contributed by atoms with E-state index in [1.807, 2.05) is 13.8 Å². The Labute approximate surface area is 127 Å². The second kappa shape index (κ2) is 7.59. The molecular weight excluding hydrogens is 270 g/mol. The van der Waals surface area contributed by atoms with Crippen molar-refractivity contribution in [2.24, 2.45) is 11.8 Å². The van der Waals surface area contributed by atoms with Crippen LogP contribution < -0.4 is 0 Å². The Hall–Kier alpha value is -1.36. The molecule has 1 aliphatic rings. The minimum atomic E-state index is -0.926. The molecule has 1 rings (SSSR count). The topological polar surface area (TPSA) is 66.8 Å². The third-order valence-corrected chi connectivity index (χ3v) is 4.05. The van der Waals surface area contributed by atoms with Crippen molar-refractivity contribution in [3.63, 3.8) is 0 Å². The average Bonchev–Trinajstić information content (AvgIpc) is 2.84. The fourth-order valence-electron chi connectivity index (χ4n) is 2.44. The summed E-state index contributed by atoms with van der Waals surface area (Å²) in [5.74, 6) is -0.962. The largest absolute Gasteiger partial charge is 0.447 e. The molecule has 5 heteroatoms. The van der Waals surface area contributed by atoms with E-state index >= 15 is 0 Å². The summed E-state index contributed by atoms with van der Waals surface area (Å²) in [6, 6.07) is -0.261. The van der Waals surface area contributed by atoms with Gasteiger partial charge < -0.3 is 9.84 Å². The molecule has 2 amide bonds. The predicted molar refractivity (Wildman–Crippen MR) is 80.7 cm³/mol. The molecule has 0 bridgehead atoms. The van der Waals surface area contributed by atoms with E-state index in [2.05, 4.69) is 13.5 Å². The zero-order chi connectivity index (χ0) is 16.2. The number of aliphatic hydroxyl groups excluding tert-OH is 1. The molecule has 1 aliphatic heterocycles. The molecule has 1 heterocycles. The van der Waals surface area contributed by atoms with Gasteiger partial charge in [-0.2, -0.15) is 0 Å². The SMILES string of the molecule is C=C(CCCC)C(O)C(C)C(=O)N1C(=O)OCC1C(C)C. The summed E-state index contributed by atoms with van der Waals surface area (Å²) < 4.78 is 4.98. The molecule has 0 aromatic heterocycles. The third kappa shape index (κ3) is 4.06. The number of rotatable bonds is 7. The highest BCUT2D eigenvalue weighted by Crippen LogP contribution is 2.25. The lowest BCUT2D eigenvalue weighted by Gasteiger charge is -2.28. The summed E-state index contributed by atoms with van der Waals surface area (Å²) in [7, 11) is 0. The number of nitrogens with zero attached hydrogens (tertiary/aromatic N) is 1. The molecular formula is C16H27NO4. The highest BCUT2D eigenvalue weighted by molar-refractivity contribution is 5.95. The van der Waals surface area contributed by atoms with E-state index in [0.29, 0.717) is 12.0 Å². The number of cyclic esters (lactones) is 1. The molecule has 3 unspecified atom stereocenters. The van der Waals surface area contributed by atoms with Crippen molar-refractivity contribution in [1.82, 2.24) is 4.90 Å². The molecule has 3 atom stereocenters. The zero-order valence-electron chi connectivity index (χ0n) is 13.5. The van der Waals surface area contributed by atoms with Crippen molar-refractivity contribution in [1.29, 1.82) is 0 Å². The number of hydrogen-bond acceptors (Lipinski definition) is 4. The van der Waals surface area contributed by atoms with Crippen LogP contribution in [0.25, 0.3) is 0 Å². The minimum Gasteiger partial charge on any atom is -0.447 e. The van der Waals surface area contributed by atoms with Crippen LogP contribution in [-0.2, 0) is 9.53 Å². The van der Waals surface area contributed by atoms with E-state index < -0.39 is 18.1 Å². The summed E-state index contributed by atoms with van der Waals surface area (Å²) >= 11 is 0. The first-order valence-electron chi connectivity index (χ1n) is 7.66. The van der Waals surface area contributed by atoms with E-state index in [1.54, 1.807) is 6.92 Å². The first kappa shape index (κ1) is 17.7. The minimum absolute atomic E-state index is 0.119. The molecule has 0 radical (unpaired) electrons. The lowest BCUT2D eigenvalue weighted by molar-refractivity contribution is -0.136. The van der Waals surface area contributed by atoms with Crippen LogP contribution in [0.3, 0.4) is 0 Å². The Bertz CT molecular complexity index is 405. The Balaban J connectivity index is 2.76. The number of ether oxygens (including phenoxy) is 1. The Kier molecular flexibility index (Phi) is 6.40. The van der Waals surface area contributed by atoms with Crippen molar-refractivity contribution in [3.05, 3.63) is 12.2 Å². The molecule has 21 heavy (non-hydrogen) atoms. The van der Waals surface area contributed by atoms with Gasteiger partial charge in [0.1, 0.15) is 6.61 Å². The smallest absolute Gasteiger partial charge is 0.416 e. The van der Waals surface area contributed by atoms with Gasteiger partial charge in [0.2, 0.25) is 5.91 Å². The molecule has 0 saturated carbocycles. The number of amides is 2. The highest BCUT2D eigenvalue weighted by Gasteiger charge is 2.42. The molecule has 0 aromatic carbocycles. The quantitative estimate of drug-likeness (QED) is 0.734. The van der Waals surface area contributed by atoms with Crippen LogP contribution in [0.5, 0.6) is 0 Å². The maximum Gasteiger partial charge on any atom is 0.416 e. The van der Waals surface area contributed by atoms with Gasteiger partial charge in [-0.1, -0.05) is 40.7 Å². The summed E-state index contributed by atoms with van der Waals surface area (Å²) in [4.78, 5) is 25.5. The van der Waals surface area contributed by atoms with Crippen LogP contribution >= 0.6 is 0 Å². The maximum absolute atomic E-state index is 12.5. The lowest BCUT2D eigenvalue weighted by atomic mass is 9.93. The molecule has 5 nitrogen and oxygen atoms in total. The molecule has 120 valence electrons. The van der Waals surface area contributed by atoms with Crippen molar-refractivity contribution >= 4 is 12.0 Å². The van der Waals surface area contributed by atoms with Gasteiger partial charge in [0.15, 0.2) is 0 Å². The van der Waals surface area contributed by atoms with Gasteiger partial charge in [-0.05, 0) is 24.3 Å². The second-order valence-corrected chi connectivity index (χ2v) is 6.09. The van der Waals surface area contributed by atoms with Crippen LogP contribution in [0.15, 0.2) is 12.2 Å². The standard InChI is InChI=1S/C16H27NO4/c1-6-7-8-11(4)14(18)12(5)15(19)17-13(10(2)3)9-21-16(17)20/h10,12-14,18H,4,6-9H2,1-3,5H3. The Morgan fingerprint density at radius 2 is 2.10 bits per heavy atom. The van der Waals surface area contributed by atoms with Gasteiger partial charge in [0, 0.05) is 0 Å². The summed E-state index contributed by atoms with van der Waals surface area (Å²) in [5.41, 5.74) is 0.645. The summed E-state index contributed by atoms with van der Waals surface area (Å²) in [6.07, 6.45) is 1.08. The van der Waals surface area contributed by atoms with Crippen molar-refractivity contribution in [2.75, 3.05) is 6.61 Å². The lowest BCUT2D eigenvalue weighted by Crippen LogP contribution is -2.47. The predicted octanol–water partition coefficient (Wildman–Crippen LogP) is 2.73. The Morgan fingerprint density at radius 1 is 1.48 bits per heavy atom. The number of aliphatic hydroxyl groups is 1. The number of unbranched alkanes of at least 4 members (excludes halogenated alkanes) is 1. The van der Waals surface area contributed by atoms with Gasteiger partial charge in [0.05, 0.1) is 18.1 Å². The number of carbonyl (C=O) groups excluding carboxylic acids is 2. The van der Waals surface area contributed by atoms with Crippen LogP contribution in [0, 0.1) is 11.8 Å². The van der Waals surface area contributed by atoms with Crippen LogP contribution in [0.2, 0.25) is 0 Å². The second-order valence-electron chi connectivity index (χ2n) is 6.09. The van der Waals surface area contributed by atoms with Gasteiger partial charge in [-0.15, -0.1) is 0 Å². The van der Waals surface area contributed by atoms with Gasteiger partial charge in [-0.3, -0.25) is 4.79 Å². The molecule has 1 saturated heterocycles. The first-order valence-corrected chi connectivity index (χ1v) is 7.66. The molecule has 0 aromatic rings. The monoisotopic (exact) mass is 297 g/mol. The fourth-order valence-corrected chi connectivity index (χ4v) is 2.44. The summed E-state index contributed by atoms with van der Waals surface area (Å²) in [5, 5.41) is 10.3. The maximum atomic E-state index is 12.5. The molecule has 1 N–H and O–H groups in total. The highest BCUT2D eigenvalue weighted by atomic mass is 16.6. The number of imide groups is 1. The van der Waals surface area contributed by atoms with E-state index in [-0.39, 0.29) is 24.5 Å².